The number of nitrogens with zero attached hydrogens (tertiary/aromatic N) is 5. The van der Waals surface area contributed by atoms with E-state index in [0.717, 1.165) is 32.1 Å². The van der Waals surface area contributed by atoms with Gasteiger partial charge in [-0.1, -0.05) is 27.7 Å². The molecule has 2 bridgehead atoms. The minimum absolute atomic E-state index is 0.325. The van der Waals surface area contributed by atoms with Gasteiger partial charge < -0.3 is 9.80 Å². The first-order valence-electron chi connectivity index (χ1n) is 14.6. The highest BCUT2D eigenvalue weighted by atomic mass is 16.2. The van der Waals surface area contributed by atoms with Crippen LogP contribution in [-0.2, 0) is 4.79 Å². The van der Waals surface area contributed by atoms with Gasteiger partial charge in [-0.05, 0) is 81.6 Å². The fourth-order valence-corrected chi connectivity index (χ4v) is 7.07. The summed E-state index contributed by atoms with van der Waals surface area (Å²) in [5.74, 6) is 1.87. The van der Waals surface area contributed by atoms with Gasteiger partial charge in [0.1, 0.15) is 0 Å². The van der Waals surface area contributed by atoms with Gasteiger partial charge in [-0.2, -0.15) is 0 Å². The summed E-state index contributed by atoms with van der Waals surface area (Å²) in [5, 5.41) is 0. The zero-order valence-corrected chi connectivity index (χ0v) is 23.0. The third-order valence-electron chi connectivity index (χ3n) is 9.61. The lowest BCUT2D eigenvalue weighted by atomic mass is 9.64. The molecule has 0 radical (unpaired) electrons. The third-order valence-corrected chi connectivity index (χ3v) is 9.61. The maximum atomic E-state index is 12.0. The largest absolute Gasteiger partial charge is 0.343 e. The minimum Gasteiger partial charge on any atom is -0.343 e. The monoisotopic (exact) mass is 483 g/mol. The summed E-state index contributed by atoms with van der Waals surface area (Å²) in [7, 11) is 0. The van der Waals surface area contributed by atoms with Gasteiger partial charge in [0.25, 0.3) is 0 Å². The Balaban J connectivity index is 0.00000141. The van der Waals surface area contributed by atoms with Crippen molar-refractivity contribution in [2.24, 2.45) is 5.41 Å². The average Bonchev–Trinajstić information content (AvgIpc) is 3.18. The predicted octanol–water partition coefficient (Wildman–Crippen LogP) is 5.63. The summed E-state index contributed by atoms with van der Waals surface area (Å²) in [5.41, 5.74) is 1.80. The molecule has 1 aliphatic carbocycles. The number of rotatable bonds is 5. The summed E-state index contributed by atoms with van der Waals surface area (Å²) in [6, 6.07) is 1.82. The Kier molecular flexibility index (Phi) is 8.72. The fourth-order valence-electron chi connectivity index (χ4n) is 7.07. The quantitative estimate of drug-likeness (QED) is 0.543. The molecule has 1 aromatic heterocycles. The summed E-state index contributed by atoms with van der Waals surface area (Å²) >= 11 is 0. The van der Waals surface area contributed by atoms with Gasteiger partial charge in [-0.3, -0.25) is 9.69 Å². The van der Waals surface area contributed by atoms with Gasteiger partial charge in [0.15, 0.2) is 0 Å². The molecule has 3 atom stereocenters. The molecule has 1 aromatic rings. The molecule has 0 aromatic carbocycles. The van der Waals surface area contributed by atoms with Crippen molar-refractivity contribution in [1.29, 1.82) is 0 Å². The van der Waals surface area contributed by atoms with Gasteiger partial charge in [0.2, 0.25) is 11.9 Å². The smallest absolute Gasteiger partial charge is 0.225 e. The number of amides is 1. The van der Waals surface area contributed by atoms with E-state index in [2.05, 4.69) is 40.9 Å². The van der Waals surface area contributed by atoms with Crippen molar-refractivity contribution in [2.75, 3.05) is 31.1 Å². The molecule has 3 aliphatic heterocycles. The highest BCUT2D eigenvalue weighted by molar-refractivity contribution is 5.75. The van der Waals surface area contributed by atoms with Crippen molar-refractivity contribution in [3.63, 3.8) is 0 Å². The number of fused-ring (bicyclic) bond motifs is 2. The van der Waals surface area contributed by atoms with Crippen molar-refractivity contribution < 1.29 is 4.79 Å². The van der Waals surface area contributed by atoms with Crippen LogP contribution in [0.15, 0.2) is 12.4 Å². The topological polar surface area (TPSA) is 52.6 Å². The molecular weight excluding hydrogens is 434 g/mol. The number of likely N-dealkylation sites (tertiary alicyclic amines) is 2. The molecule has 196 valence electrons. The first-order chi connectivity index (χ1) is 17.0. The molecular formula is C29H49N5O. The number of aromatic nitrogens is 2. The maximum Gasteiger partial charge on any atom is 0.225 e. The SMILES string of the molecule is CC.CCC(=O)N1CCC2(CCC(c3cnc(N4C5CCC4CN(C(C)CC)C5)nc3)CC2)CC1. The molecule has 3 saturated heterocycles. The fraction of sp³-hybridized carbons (Fsp3) is 0.828. The molecule has 6 nitrogen and oxygen atoms in total. The van der Waals surface area contributed by atoms with E-state index >= 15 is 0 Å². The highest BCUT2D eigenvalue weighted by Crippen LogP contribution is 2.49. The van der Waals surface area contributed by atoms with Gasteiger partial charge in [-0.15, -0.1) is 0 Å². The molecule has 0 N–H and O–H groups in total. The van der Waals surface area contributed by atoms with E-state index in [1.165, 1.54) is 63.4 Å². The molecule has 35 heavy (non-hydrogen) atoms. The van der Waals surface area contributed by atoms with Crippen LogP contribution in [0, 0.1) is 5.41 Å². The van der Waals surface area contributed by atoms with E-state index in [4.69, 9.17) is 9.97 Å². The molecule has 4 aliphatic rings. The minimum atomic E-state index is 0.325. The Hall–Kier alpha value is -1.69. The van der Waals surface area contributed by atoms with Crippen molar-refractivity contribution in [1.82, 2.24) is 19.8 Å². The first kappa shape index (κ1) is 26.4. The molecule has 6 heteroatoms. The summed E-state index contributed by atoms with van der Waals surface area (Å²) in [4.78, 5) is 29.1. The van der Waals surface area contributed by atoms with E-state index in [-0.39, 0.29) is 0 Å². The van der Waals surface area contributed by atoms with Crippen molar-refractivity contribution in [2.45, 2.75) is 123 Å². The molecule has 3 unspecified atom stereocenters. The number of hydrogen-bond acceptors (Lipinski definition) is 5. The van der Waals surface area contributed by atoms with Crippen LogP contribution in [0.5, 0.6) is 0 Å². The van der Waals surface area contributed by atoms with Crippen LogP contribution in [0.25, 0.3) is 0 Å². The molecule has 5 rings (SSSR count). The lowest BCUT2D eigenvalue weighted by Gasteiger charge is -2.46. The lowest BCUT2D eigenvalue weighted by molar-refractivity contribution is -0.133. The van der Waals surface area contributed by atoms with Crippen molar-refractivity contribution >= 4 is 11.9 Å². The Morgan fingerprint density at radius 2 is 1.54 bits per heavy atom. The number of piperidine rings is 1. The zero-order chi connectivity index (χ0) is 25.0. The van der Waals surface area contributed by atoms with Gasteiger partial charge in [0.05, 0.1) is 0 Å². The lowest BCUT2D eigenvalue weighted by Crippen LogP contribution is -2.56. The van der Waals surface area contributed by atoms with Crippen LogP contribution >= 0.6 is 0 Å². The van der Waals surface area contributed by atoms with E-state index in [0.29, 0.717) is 41.8 Å². The zero-order valence-electron chi connectivity index (χ0n) is 23.0. The van der Waals surface area contributed by atoms with Crippen LogP contribution in [0.1, 0.15) is 110 Å². The molecule has 4 heterocycles. The Labute approximate surface area is 213 Å². The van der Waals surface area contributed by atoms with Gasteiger partial charge in [-0.25, -0.2) is 9.97 Å². The molecule has 1 spiro atoms. The molecule has 1 amide bonds. The second-order valence-electron chi connectivity index (χ2n) is 11.3. The Morgan fingerprint density at radius 1 is 0.971 bits per heavy atom. The Morgan fingerprint density at radius 3 is 2.06 bits per heavy atom. The number of piperazine rings is 1. The summed E-state index contributed by atoms with van der Waals surface area (Å²) < 4.78 is 0. The van der Waals surface area contributed by atoms with Crippen LogP contribution in [0.2, 0.25) is 0 Å². The standard InChI is InChI=1S/C27H43N5O.C2H6/c1-4-20(3)31-18-23-6-7-24(19-31)32(23)26-28-16-22(17-29-26)21-8-10-27(11-9-21)12-14-30(15-13-27)25(33)5-2;1-2/h16-17,20-21,23-24H,4-15,18-19H2,1-3H3;1-2H3. The van der Waals surface area contributed by atoms with Crippen LogP contribution in [0.4, 0.5) is 5.95 Å². The normalized spacial score (nSPS) is 27.5. The van der Waals surface area contributed by atoms with Gasteiger partial charge >= 0.3 is 0 Å². The van der Waals surface area contributed by atoms with E-state index in [1.54, 1.807) is 0 Å². The van der Waals surface area contributed by atoms with Crippen molar-refractivity contribution in [3.05, 3.63) is 18.0 Å². The molecule has 1 saturated carbocycles. The van der Waals surface area contributed by atoms with Crippen molar-refractivity contribution in [3.8, 4) is 0 Å². The number of carbonyl (C=O) groups is 1. The number of anilines is 1. The highest BCUT2D eigenvalue weighted by Gasteiger charge is 2.42. The second kappa shape index (κ2) is 11.6. The average molecular weight is 484 g/mol. The number of carbonyl (C=O) groups excluding carboxylic acids is 1. The van der Waals surface area contributed by atoms with Crippen LogP contribution in [-0.4, -0.2) is 70.0 Å². The molecule has 4 fully saturated rings. The summed E-state index contributed by atoms with van der Waals surface area (Å²) in [6.07, 6.45) is 16.1. The van der Waals surface area contributed by atoms with Crippen LogP contribution < -0.4 is 4.90 Å². The van der Waals surface area contributed by atoms with E-state index in [1.807, 2.05) is 20.8 Å². The third kappa shape index (κ3) is 5.52. The van der Waals surface area contributed by atoms with E-state index < -0.39 is 0 Å². The second-order valence-corrected chi connectivity index (χ2v) is 11.3. The summed E-state index contributed by atoms with van der Waals surface area (Å²) in [6.45, 7) is 14.9. The predicted molar refractivity (Wildman–Crippen MR) is 144 cm³/mol. The first-order valence-corrected chi connectivity index (χ1v) is 14.6. The van der Waals surface area contributed by atoms with E-state index in [9.17, 15) is 4.79 Å². The van der Waals surface area contributed by atoms with Gasteiger partial charge in [0, 0.05) is 63.1 Å². The van der Waals surface area contributed by atoms with Crippen LogP contribution in [0.3, 0.4) is 0 Å². The maximum absolute atomic E-state index is 12.0. The Bertz CT molecular complexity index is 795. The number of hydrogen-bond donors (Lipinski definition) is 0.